The Morgan fingerprint density at radius 1 is 1.09 bits per heavy atom. The van der Waals surface area contributed by atoms with Crippen LogP contribution in [0.4, 0.5) is 10.1 Å². The minimum absolute atomic E-state index is 0.205. The molecule has 2 saturated carbocycles. The van der Waals surface area contributed by atoms with Gasteiger partial charge in [-0.15, -0.1) is 0 Å². The number of amidine groups is 1. The fourth-order valence-corrected chi connectivity index (χ4v) is 11.0. The van der Waals surface area contributed by atoms with E-state index in [1.165, 1.54) is 57.7 Å². The van der Waals surface area contributed by atoms with E-state index in [-0.39, 0.29) is 22.8 Å². The van der Waals surface area contributed by atoms with Crippen molar-refractivity contribution >= 4 is 42.7 Å². The highest BCUT2D eigenvalue weighted by Gasteiger charge is 2.47. The number of aliphatic imine (C=N–C) groups is 2. The van der Waals surface area contributed by atoms with Gasteiger partial charge in [-0.25, -0.2) is 4.39 Å². The summed E-state index contributed by atoms with van der Waals surface area (Å²) in [6, 6.07) is 3.52. The zero-order chi connectivity index (χ0) is 38.5. The van der Waals surface area contributed by atoms with Gasteiger partial charge in [0.2, 0.25) is 6.41 Å². The molecule has 2 heterocycles. The number of likely N-dealkylation sites (tertiary alicyclic amines) is 1. The Hall–Kier alpha value is -3.12. The summed E-state index contributed by atoms with van der Waals surface area (Å²) >= 11 is 2.14. The first-order chi connectivity index (χ1) is 25.9. The number of carbonyl (C=O) groups excluding carboxylic acids is 2. The molecule has 6 rings (SSSR count). The van der Waals surface area contributed by atoms with Crippen LogP contribution in [0.15, 0.2) is 58.2 Å². The lowest BCUT2D eigenvalue weighted by Gasteiger charge is -2.55. The summed E-state index contributed by atoms with van der Waals surface area (Å²) in [5, 5.41) is 15.9. The Morgan fingerprint density at radius 2 is 1.83 bits per heavy atom. The predicted octanol–water partition coefficient (Wildman–Crippen LogP) is 7.24. The predicted molar refractivity (Wildman–Crippen MR) is 220 cm³/mol. The molecule has 3 aliphatic carbocycles. The average Bonchev–Trinajstić information content (AvgIpc) is 3.50. The highest BCUT2D eigenvalue weighted by molar-refractivity contribution is 8.00. The van der Waals surface area contributed by atoms with Crippen molar-refractivity contribution in [3.8, 4) is 0 Å². The largest absolute Gasteiger partial charge is 0.388 e. The van der Waals surface area contributed by atoms with Gasteiger partial charge in [0, 0.05) is 57.9 Å². The van der Waals surface area contributed by atoms with Crippen LogP contribution < -0.4 is 10.2 Å². The van der Waals surface area contributed by atoms with Gasteiger partial charge < -0.3 is 14.9 Å². The van der Waals surface area contributed by atoms with Crippen LogP contribution in [0.5, 0.6) is 0 Å². The van der Waals surface area contributed by atoms with Crippen molar-refractivity contribution in [3.05, 3.63) is 65.2 Å². The number of nitrogens with one attached hydrogen (secondary N) is 1. The Labute approximate surface area is 326 Å². The van der Waals surface area contributed by atoms with Gasteiger partial charge in [-0.1, -0.05) is 24.3 Å². The molecule has 54 heavy (non-hydrogen) atoms. The number of amides is 1. The van der Waals surface area contributed by atoms with E-state index in [0.29, 0.717) is 64.3 Å². The number of allylic oxidation sites excluding steroid dienone is 1. The van der Waals surface area contributed by atoms with Crippen LogP contribution in [0.2, 0.25) is 0 Å². The van der Waals surface area contributed by atoms with Gasteiger partial charge in [-0.05, 0) is 136 Å². The molecule has 11 heteroatoms. The summed E-state index contributed by atoms with van der Waals surface area (Å²) in [5.74, 6) is 0.270. The first-order valence-corrected chi connectivity index (χ1v) is 21.0. The van der Waals surface area contributed by atoms with E-state index in [1.54, 1.807) is 31.0 Å². The number of anilines is 1. The average molecular weight is 761 g/mol. The number of benzene rings is 1. The molecular weight excluding hydrogens is 700 g/mol. The van der Waals surface area contributed by atoms with Crippen molar-refractivity contribution in [2.45, 2.75) is 132 Å². The first-order valence-electron chi connectivity index (χ1n) is 20.1. The van der Waals surface area contributed by atoms with Crippen LogP contribution in [0.1, 0.15) is 107 Å². The third-order valence-electron chi connectivity index (χ3n) is 13.0. The van der Waals surface area contributed by atoms with E-state index < -0.39 is 5.60 Å². The molecule has 1 amide bonds. The molecule has 4 atom stereocenters. The maximum atomic E-state index is 14.7. The topological polar surface area (TPSA) is 101 Å². The molecule has 0 aromatic heterocycles. The number of aryl methyl sites for hydroxylation is 1. The minimum Gasteiger partial charge on any atom is -0.388 e. The molecule has 2 aliphatic heterocycles. The Bertz CT molecular complexity index is 1640. The summed E-state index contributed by atoms with van der Waals surface area (Å²) in [5.41, 5.74) is 1.64. The molecule has 4 fully saturated rings. The molecular formula is C43H61FN6O3S. The van der Waals surface area contributed by atoms with E-state index in [1.807, 2.05) is 19.1 Å². The van der Waals surface area contributed by atoms with Crippen LogP contribution in [0.3, 0.4) is 0 Å². The van der Waals surface area contributed by atoms with Crippen molar-refractivity contribution in [3.63, 3.8) is 0 Å². The molecule has 1 aromatic carbocycles. The number of hydrogen-bond acceptors (Lipinski definition) is 9. The third-order valence-corrected chi connectivity index (χ3v) is 14.6. The summed E-state index contributed by atoms with van der Waals surface area (Å²) < 4.78 is 14.7. The van der Waals surface area contributed by atoms with Gasteiger partial charge in [-0.2, -0.15) is 11.8 Å². The molecule has 0 radical (unpaired) electrons. The van der Waals surface area contributed by atoms with Crippen LogP contribution in [0, 0.1) is 18.2 Å². The van der Waals surface area contributed by atoms with Crippen LogP contribution in [-0.4, -0.2) is 107 Å². The van der Waals surface area contributed by atoms with Crippen molar-refractivity contribution in [1.29, 1.82) is 0 Å². The van der Waals surface area contributed by atoms with Gasteiger partial charge in [0.25, 0.3) is 0 Å². The molecule has 2 saturated heterocycles. The van der Waals surface area contributed by atoms with Crippen LogP contribution >= 0.6 is 11.8 Å². The van der Waals surface area contributed by atoms with Crippen molar-refractivity contribution in [2.75, 3.05) is 37.7 Å². The molecule has 0 bridgehead atoms. The molecule has 2 unspecified atom stereocenters. The maximum Gasteiger partial charge on any atom is 0.215 e. The Balaban J connectivity index is 0.956. The Morgan fingerprint density at radius 3 is 2.43 bits per heavy atom. The zero-order valence-electron chi connectivity index (χ0n) is 32.8. The molecule has 1 spiro atoms. The zero-order valence-corrected chi connectivity index (χ0v) is 33.6. The monoisotopic (exact) mass is 760 g/mol. The fourth-order valence-electron chi connectivity index (χ4n) is 9.61. The van der Waals surface area contributed by atoms with Crippen molar-refractivity contribution in [2.24, 2.45) is 15.4 Å². The van der Waals surface area contributed by atoms with Gasteiger partial charge >= 0.3 is 0 Å². The quantitative estimate of drug-likeness (QED) is 0.0720. The second-order valence-corrected chi connectivity index (χ2v) is 18.5. The molecule has 1 aromatic rings. The summed E-state index contributed by atoms with van der Waals surface area (Å²) in [4.78, 5) is 39.2. The van der Waals surface area contributed by atoms with E-state index in [4.69, 9.17) is 4.99 Å². The number of carbonyl (C=O) groups is 2. The molecule has 9 nitrogen and oxygen atoms in total. The van der Waals surface area contributed by atoms with E-state index in [9.17, 15) is 19.1 Å². The number of hydrogen-bond donors (Lipinski definition) is 2. The second kappa shape index (κ2) is 17.3. The highest BCUT2D eigenvalue weighted by atomic mass is 32.2. The summed E-state index contributed by atoms with van der Waals surface area (Å²) in [6.07, 6.45) is 23.3. The lowest BCUT2D eigenvalue weighted by atomic mass is 9.67. The number of halogens is 1. The Kier molecular flexibility index (Phi) is 13.0. The first kappa shape index (κ1) is 40.5. The fraction of sp³-hybridized carbons (Fsp3) is 0.628. The van der Waals surface area contributed by atoms with Gasteiger partial charge in [0.05, 0.1) is 24.0 Å². The smallest absolute Gasteiger partial charge is 0.215 e. The standard InChI is InChI=1S/C43H61FN6O3S/c1-6-8-32(25-45-5)40(50(30-52)39-9-7-16-42(39,4)53)46-29-47-41(3)17-12-35(13-18-41)54-36-14-21-48(22-15-36)34-10-19-43(20-11-34)27-49(28-43)38-24-33(26-51)31(2)23-37(38)44/h6,8,12,17,23-26,30,34-36,39,47,53H,5,7,9-11,13-16,18-22,27-29H2,1-4H3/b8-6-,32-25-,46-40+/t35?,39?,41-,42+/m0/s1. The maximum absolute atomic E-state index is 14.7. The number of aldehydes is 1. The lowest BCUT2D eigenvalue weighted by molar-refractivity contribution is -0.119. The van der Waals surface area contributed by atoms with Gasteiger partial charge in [0.15, 0.2) is 0 Å². The molecule has 2 N–H and O–H groups in total. The van der Waals surface area contributed by atoms with Crippen molar-refractivity contribution < 1.29 is 19.1 Å². The lowest BCUT2D eigenvalue weighted by Crippen LogP contribution is -2.59. The normalized spacial score (nSPS) is 29.9. The SMILES string of the molecule is C=N/C=C(/C=C\C)C(=N/CN[C@@]1(C)C=CC(SC2CCN(C3CCC4(CC3)CN(c3cc(C=O)c(C)cc3F)C4)CC2)CC1)\N(C=O)C1CCC[C@@]1(C)O. The number of aliphatic hydroxyl groups is 1. The van der Waals surface area contributed by atoms with Crippen LogP contribution in [0.25, 0.3) is 0 Å². The van der Waals surface area contributed by atoms with Crippen LogP contribution in [-0.2, 0) is 4.79 Å². The highest BCUT2D eigenvalue weighted by Crippen LogP contribution is 2.47. The summed E-state index contributed by atoms with van der Waals surface area (Å²) in [7, 11) is 0. The van der Waals surface area contributed by atoms with Gasteiger partial charge in [0.1, 0.15) is 17.9 Å². The van der Waals surface area contributed by atoms with Crippen molar-refractivity contribution in [1.82, 2.24) is 15.1 Å². The second-order valence-electron chi connectivity index (χ2n) is 17.0. The van der Waals surface area contributed by atoms with E-state index in [2.05, 4.69) is 57.7 Å². The van der Waals surface area contributed by atoms with Gasteiger partial charge in [-0.3, -0.25) is 29.8 Å². The molecule has 5 aliphatic rings. The molecule has 294 valence electrons. The minimum atomic E-state index is -0.978. The number of piperidine rings is 1. The third kappa shape index (κ3) is 9.11. The van der Waals surface area contributed by atoms with E-state index in [0.717, 1.165) is 45.0 Å². The number of thioether (sulfide) groups is 1. The number of rotatable bonds is 13. The number of nitrogens with zero attached hydrogens (tertiary/aromatic N) is 5. The van der Waals surface area contributed by atoms with E-state index >= 15 is 0 Å². The summed E-state index contributed by atoms with van der Waals surface area (Å²) in [6.45, 7) is 15.8.